The van der Waals surface area contributed by atoms with E-state index in [1.165, 1.54) is 5.56 Å². The molecule has 1 aromatic carbocycles. The largest absolute Gasteiger partial charge is 0.351 e. The van der Waals surface area contributed by atoms with E-state index >= 15 is 0 Å². The van der Waals surface area contributed by atoms with Gasteiger partial charge in [0.15, 0.2) is 0 Å². The second-order valence-corrected chi connectivity index (χ2v) is 7.44. The van der Waals surface area contributed by atoms with Crippen molar-refractivity contribution in [1.82, 2.24) is 5.32 Å². The molecule has 18 heavy (non-hydrogen) atoms. The van der Waals surface area contributed by atoms with Gasteiger partial charge in [-0.2, -0.15) is 11.8 Å². The third kappa shape index (κ3) is 5.13. The standard InChI is InChI=1S/C15H23NOS/c1-11-6-7-13(10-12(11)2)14(17)16-8-9-18-15(3,4)5/h6-7,10H,8-9H2,1-5H3,(H,16,17). The molecule has 0 saturated carbocycles. The van der Waals surface area contributed by atoms with Crippen molar-refractivity contribution in [2.45, 2.75) is 39.4 Å². The third-order valence-electron chi connectivity index (χ3n) is 2.69. The normalized spacial score (nSPS) is 11.4. The van der Waals surface area contributed by atoms with Crippen LogP contribution in [-0.2, 0) is 0 Å². The molecule has 0 aromatic heterocycles. The lowest BCUT2D eigenvalue weighted by atomic mass is 10.1. The Bertz CT molecular complexity index is 421. The molecule has 1 rings (SSSR count). The fourth-order valence-electron chi connectivity index (χ4n) is 1.51. The van der Waals surface area contributed by atoms with E-state index in [1.807, 2.05) is 36.9 Å². The number of hydrogen-bond donors (Lipinski definition) is 1. The summed E-state index contributed by atoms with van der Waals surface area (Å²) in [7, 11) is 0. The Balaban J connectivity index is 2.43. The van der Waals surface area contributed by atoms with Crippen molar-refractivity contribution in [3.05, 3.63) is 34.9 Å². The van der Waals surface area contributed by atoms with E-state index in [0.717, 1.165) is 16.9 Å². The zero-order valence-corrected chi connectivity index (χ0v) is 12.8. The Morgan fingerprint density at radius 1 is 1.22 bits per heavy atom. The molecule has 0 aliphatic carbocycles. The van der Waals surface area contributed by atoms with Gasteiger partial charge in [-0.3, -0.25) is 4.79 Å². The Labute approximate surface area is 115 Å². The highest BCUT2D eigenvalue weighted by atomic mass is 32.2. The molecule has 3 heteroatoms. The number of nitrogens with one attached hydrogen (secondary N) is 1. The lowest BCUT2D eigenvalue weighted by Crippen LogP contribution is -2.27. The smallest absolute Gasteiger partial charge is 0.251 e. The molecule has 0 heterocycles. The van der Waals surface area contributed by atoms with Crippen molar-refractivity contribution in [2.75, 3.05) is 12.3 Å². The van der Waals surface area contributed by atoms with Gasteiger partial charge >= 0.3 is 0 Å². The lowest BCUT2D eigenvalue weighted by molar-refractivity contribution is 0.0956. The van der Waals surface area contributed by atoms with Gasteiger partial charge < -0.3 is 5.32 Å². The van der Waals surface area contributed by atoms with E-state index in [-0.39, 0.29) is 10.7 Å². The summed E-state index contributed by atoms with van der Waals surface area (Å²) in [6.07, 6.45) is 0. The van der Waals surface area contributed by atoms with Gasteiger partial charge in [-0.15, -0.1) is 0 Å². The number of rotatable bonds is 4. The van der Waals surface area contributed by atoms with Crippen molar-refractivity contribution >= 4 is 17.7 Å². The van der Waals surface area contributed by atoms with Gasteiger partial charge in [0, 0.05) is 22.6 Å². The number of hydrogen-bond acceptors (Lipinski definition) is 2. The summed E-state index contributed by atoms with van der Waals surface area (Å²) in [6, 6.07) is 5.82. The van der Waals surface area contributed by atoms with E-state index in [4.69, 9.17) is 0 Å². The maximum atomic E-state index is 11.9. The number of carbonyl (C=O) groups is 1. The first-order valence-electron chi connectivity index (χ1n) is 6.29. The van der Waals surface area contributed by atoms with Crippen molar-refractivity contribution in [3.63, 3.8) is 0 Å². The molecule has 0 saturated heterocycles. The van der Waals surface area contributed by atoms with Crippen LogP contribution in [0.4, 0.5) is 0 Å². The predicted octanol–water partition coefficient (Wildman–Crippen LogP) is 3.56. The Morgan fingerprint density at radius 2 is 1.89 bits per heavy atom. The van der Waals surface area contributed by atoms with Gasteiger partial charge in [0.05, 0.1) is 0 Å². The van der Waals surface area contributed by atoms with Crippen LogP contribution in [0.15, 0.2) is 18.2 Å². The van der Waals surface area contributed by atoms with Crippen molar-refractivity contribution in [1.29, 1.82) is 0 Å². The van der Waals surface area contributed by atoms with E-state index in [2.05, 4.69) is 33.0 Å². The minimum atomic E-state index is 0.0209. The van der Waals surface area contributed by atoms with Crippen LogP contribution in [0, 0.1) is 13.8 Å². The molecule has 0 aliphatic rings. The number of aryl methyl sites for hydroxylation is 2. The summed E-state index contributed by atoms with van der Waals surface area (Å²) in [5.41, 5.74) is 3.13. The van der Waals surface area contributed by atoms with Crippen molar-refractivity contribution in [3.8, 4) is 0 Å². The van der Waals surface area contributed by atoms with Crippen molar-refractivity contribution in [2.24, 2.45) is 0 Å². The zero-order chi connectivity index (χ0) is 13.8. The first-order chi connectivity index (χ1) is 8.29. The highest BCUT2D eigenvalue weighted by Gasteiger charge is 2.10. The molecule has 0 unspecified atom stereocenters. The molecule has 1 N–H and O–H groups in total. The summed E-state index contributed by atoms with van der Waals surface area (Å²) < 4.78 is 0.255. The van der Waals surface area contributed by atoms with E-state index < -0.39 is 0 Å². The number of benzene rings is 1. The SMILES string of the molecule is Cc1ccc(C(=O)NCCSC(C)(C)C)cc1C. The average Bonchev–Trinajstić information content (AvgIpc) is 2.26. The molecule has 100 valence electrons. The number of amides is 1. The second kappa shape index (κ2) is 6.28. The molecular formula is C15H23NOS. The highest BCUT2D eigenvalue weighted by molar-refractivity contribution is 8.00. The van der Waals surface area contributed by atoms with E-state index in [0.29, 0.717) is 6.54 Å². The highest BCUT2D eigenvalue weighted by Crippen LogP contribution is 2.22. The van der Waals surface area contributed by atoms with Crippen LogP contribution in [0.3, 0.4) is 0 Å². The minimum absolute atomic E-state index is 0.0209. The van der Waals surface area contributed by atoms with Crippen LogP contribution in [0.1, 0.15) is 42.3 Å². The average molecular weight is 265 g/mol. The summed E-state index contributed by atoms with van der Waals surface area (Å²) in [6.45, 7) is 11.3. The summed E-state index contributed by atoms with van der Waals surface area (Å²) in [5.74, 6) is 0.965. The molecule has 0 fully saturated rings. The molecule has 1 aromatic rings. The van der Waals surface area contributed by atoms with E-state index in [1.54, 1.807) is 0 Å². The molecule has 0 bridgehead atoms. The fourth-order valence-corrected chi connectivity index (χ4v) is 2.32. The van der Waals surface area contributed by atoms with Gasteiger partial charge in [0.1, 0.15) is 0 Å². The Kier molecular flexibility index (Phi) is 5.27. The van der Waals surface area contributed by atoms with Crippen molar-refractivity contribution < 1.29 is 4.79 Å². The second-order valence-electron chi connectivity index (χ2n) is 5.52. The van der Waals surface area contributed by atoms with Crippen LogP contribution in [0.5, 0.6) is 0 Å². The third-order valence-corrected chi connectivity index (χ3v) is 3.97. The lowest BCUT2D eigenvalue weighted by Gasteiger charge is -2.17. The van der Waals surface area contributed by atoms with Gasteiger partial charge in [0.25, 0.3) is 5.91 Å². The van der Waals surface area contributed by atoms with Gasteiger partial charge in [0.2, 0.25) is 0 Å². The van der Waals surface area contributed by atoms with E-state index in [9.17, 15) is 4.79 Å². The summed E-state index contributed by atoms with van der Waals surface area (Å²) >= 11 is 1.86. The van der Waals surface area contributed by atoms with Gasteiger partial charge in [-0.25, -0.2) is 0 Å². The molecule has 2 nitrogen and oxygen atoms in total. The quantitative estimate of drug-likeness (QED) is 0.843. The topological polar surface area (TPSA) is 29.1 Å². The van der Waals surface area contributed by atoms with Crippen LogP contribution >= 0.6 is 11.8 Å². The predicted molar refractivity (Wildman–Crippen MR) is 80.5 cm³/mol. The first-order valence-corrected chi connectivity index (χ1v) is 7.27. The number of thioether (sulfide) groups is 1. The summed E-state index contributed by atoms with van der Waals surface area (Å²) in [5, 5.41) is 2.96. The zero-order valence-electron chi connectivity index (χ0n) is 12.0. The Morgan fingerprint density at radius 3 is 2.44 bits per heavy atom. The molecule has 0 radical (unpaired) electrons. The number of carbonyl (C=O) groups excluding carboxylic acids is 1. The monoisotopic (exact) mass is 265 g/mol. The molecular weight excluding hydrogens is 242 g/mol. The summed E-state index contributed by atoms with van der Waals surface area (Å²) in [4.78, 5) is 11.9. The first kappa shape index (κ1) is 15.1. The van der Waals surface area contributed by atoms with Gasteiger partial charge in [-0.05, 0) is 37.1 Å². The fraction of sp³-hybridized carbons (Fsp3) is 0.533. The van der Waals surface area contributed by atoms with Gasteiger partial charge in [-0.1, -0.05) is 26.8 Å². The van der Waals surface area contributed by atoms with Crippen LogP contribution in [-0.4, -0.2) is 23.0 Å². The van der Waals surface area contributed by atoms with Crippen LogP contribution < -0.4 is 5.32 Å². The molecule has 1 amide bonds. The Hall–Kier alpha value is -0.960. The van der Waals surface area contributed by atoms with Crippen LogP contribution in [0.2, 0.25) is 0 Å². The maximum absolute atomic E-state index is 11.9. The molecule has 0 atom stereocenters. The van der Waals surface area contributed by atoms with Crippen LogP contribution in [0.25, 0.3) is 0 Å². The maximum Gasteiger partial charge on any atom is 0.251 e. The molecule has 0 aliphatic heterocycles. The minimum Gasteiger partial charge on any atom is -0.351 e. The molecule has 0 spiro atoms.